The Bertz CT molecular complexity index is 872. The number of likely N-dealkylation sites (tertiary alicyclic amines) is 1. The van der Waals surface area contributed by atoms with Crippen LogP contribution >= 0.6 is 11.6 Å². The number of halogens is 1. The Balaban J connectivity index is 1.59. The first-order valence-electron chi connectivity index (χ1n) is 11.1. The highest BCUT2D eigenvalue weighted by atomic mass is 35.5. The molecule has 4 heterocycles. The molecular formula is C21H31ClN4O4S. The van der Waals surface area contributed by atoms with E-state index >= 15 is 0 Å². The normalized spacial score (nSPS) is 26.7. The molecule has 0 spiro atoms. The van der Waals surface area contributed by atoms with Crippen molar-refractivity contribution in [1.29, 1.82) is 0 Å². The molecule has 1 amide bonds. The van der Waals surface area contributed by atoms with Crippen molar-refractivity contribution >= 4 is 27.5 Å². The van der Waals surface area contributed by atoms with Gasteiger partial charge < -0.3 is 9.64 Å². The first kappa shape index (κ1) is 22.9. The molecular weight excluding hydrogens is 440 g/mol. The van der Waals surface area contributed by atoms with E-state index in [0.29, 0.717) is 44.8 Å². The molecule has 0 N–H and O–H groups in total. The Morgan fingerprint density at radius 1 is 1.13 bits per heavy atom. The average Bonchev–Trinajstić information content (AvgIpc) is 2.84. The number of pyridine rings is 1. The van der Waals surface area contributed by atoms with E-state index in [1.807, 2.05) is 4.90 Å². The summed E-state index contributed by atoms with van der Waals surface area (Å²) >= 11 is 5.91. The molecule has 0 unspecified atom stereocenters. The molecule has 0 aromatic carbocycles. The molecule has 3 aliphatic rings. The molecule has 4 rings (SSSR count). The van der Waals surface area contributed by atoms with E-state index in [-0.39, 0.29) is 35.3 Å². The van der Waals surface area contributed by atoms with Crippen molar-refractivity contribution in [3.05, 3.63) is 23.9 Å². The van der Waals surface area contributed by atoms with E-state index in [9.17, 15) is 13.2 Å². The van der Waals surface area contributed by atoms with E-state index in [1.54, 1.807) is 6.07 Å². The van der Waals surface area contributed by atoms with Gasteiger partial charge in [0, 0.05) is 44.3 Å². The number of ether oxygens (including phenoxy) is 1. The number of carbonyl (C=O) groups is 1. The van der Waals surface area contributed by atoms with E-state index in [1.165, 1.54) is 23.0 Å². The van der Waals surface area contributed by atoms with Gasteiger partial charge in [-0.05, 0) is 50.0 Å². The summed E-state index contributed by atoms with van der Waals surface area (Å²) in [6.07, 6.45) is 5.61. The molecule has 172 valence electrons. The van der Waals surface area contributed by atoms with Crippen LogP contribution in [-0.4, -0.2) is 91.9 Å². The lowest BCUT2D eigenvalue weighted by molar-refractivity contribution is -0.141. The first-order valence-corrected chi connectivity index (χ1v) is 13.1. The van der Waals surface area contributed by atoms with E-state index in [2.05, 4.69) is 9.88 Å². The van der Waals surface area contributed by atoms with E-state index < -0.39 is 10.0 Å². The zero-order chi connectivity index (χ0) is 21.8. The van der Waals surface area contributed by atoms with Crippen molar-refractivity contribution in [2.24, 2.45) is 5.92 Å². The van der Waals surface area contributed by atoms with Gasteiger partial charge in [-0.1, -0.05) is 6.42 Å². The predicted molar refractivity (Wildman–Crippen MR) is 117 cm³/mol. The molecule has 10 heteroatoms. The smallest absolute Gasteiger partial charge is 0.260 e. The van der Waals surface area contributed by atoms with Gasteiger partial charge >= 0.3 is 0 Å². The highest BCUT2D eigenvalue weighted by molar-refractivity contribution is 7.89. The maximum atomic E-state index is 13.5. The van der Waals surface area contributed by atoms with Crippen molar-refractivity contribution in [3.8, 4) is 0 Å². The van der Waals surface area contributed by atoms with Crippen LogP contribution in [-0.2, 0) is 25.4 Å². The lowest BCUT2D eigenvalue weighted by Crippen LogP contribution is -2.57. The number of rotatable bonds is 5. The third kappa shape index (κ3) is 5.22. The third-order valence-corrected chi connectivity index (χ3v) is 8.57. The van der Waals surface area contributed by atoms with Gasteiger partial charge in [0.15, 0.2) is 5.03 Å². The van der Waals surface area contributed by atoms with Gasteiger partial charge in [0.05, 0.1) is 19.1 Å². The largest absolute Gasteiger partial charge is 0.378 e. The summed E-state index contributed by atoms with van der Waals surface area (Å²) in [6, 6.07) is 3.28. The minimum Gasteiger partial charge on any atom is -0.378 e. The summed E-state index contributed by atoms with van der Waals surface area (Å²) in [7, 11) is -3.82. The Hall–Kier alpha value is -1.26. The zero-order valence-corrected chi connectivity index (χ0v) is 19.4. The number of morpholine rings is 1. The fourth-order valence-electron chi connectivity index (χ4n) is 4.80. The summed E-state index contributed by atoms with van der Waals surface area (Å²) in [5.41, 5.74) is 0.709. The number of carbonyl (C=O) groups excluding carboxylic acids is 1. The summed E-state index contributed by atoms with van der Waals surface area (Å²) in [5, 5.41) is 0.00233. The first-order chi connectivity index (χ1) is 15.0. The van der Waals surface area contributed by atoms with Crippen LogP contribution in [0.1, 0.15) is 31.2 Å². The number of aromatic nitrogens is 1. The van der Waals surface area contributed by atoms with Gasteiger partial charge in [0.2, 0.25) is 5.91 Å². The molecule has 1 aromatic heterocycles. The zero-order valence-electron chi connectivity index (χ0n) is 17.8. The van der Waals surface area contributed by atoms with E-state index in [4.69, 9.17) is 16.3 Å². The highest BCUT2D eigenvalue weighted by Gasteiger charge is 2.41. The number of nitrogens with zero attached hydrogens (tertiary/aromatic N) is 4. The lowest BCUT2D eigenvalue weighted by atomic mass is 9.92. The molecule has 31 heavy (non-hydrogen) atoms. The quantitative estimate of drug-likeness (QED) is 0.607. The van der Waals surface area contributed by atoms with Crippen LogP contribution in [0.25, 0.3) is 0 Å². The lowest BCUT2D eigenvalue weighted by Gasteiger charge is -2.44. The third-order valence-electron chi connectivity index (χ3n) is 6.53. The maximum absolute atomic E-state index is 13.5. The molecule has 0 radical (unpaired) electrons. The van der Waals surface area contributed by atoms with Crippen molar-refractivity contribution in [2.45, 2.75) is 42.6 Å². The molecule has 0 bridgehead atoms. The molecule has 0 aliphatic carbocycles. The summed E-state index contributed by atoms with van der Waals surface area (Å²) < 4.78 is 33.8. The second kappa shape index (κ2) is 10.1. The van der Waals surface area contributed by atoms with Crippen LogP contribution in [0, 0.1) is 5.92 Å². The minimum atomic E-state index is -3.82. The molecule has 3 fully saturated rings. The fraction of sp³-hybridized carbons (Fsp3) is 0.714. The predicted octanol–water partition coefficient (Wildman–Crippen LogP) is 1.54. The number of hydrogen-bond acceptors (Lipinski definition) is 6. The van der Waals surface area contributed by atoms with Gasteiger partial charge in [-0.25, -0.2) is 13.4 Å². The molecule has 2 atom stereocenters. The van der Waals surface area contributed by atoms with Crippen molar-refractivity contribution in [1.82, 2.24) is 19.1 Å². The summed E-state index contributed by atoms with van der Waals surface area (Å²) in [6.45, 7) is 4.69. The van der Waals surface area contributed by atoms with Crippen molar-refractivity contribution in [3.63, 3.8) is 0 Å². The fourth-order valence-corrected chi connectivity index (χ4v) is 6.47. The number of piperidine rings is 2. The maximum Gasteiger partial charge on any atom is 0.260 e. The van der Waals surface area contributed by atoms with Crippen molar-refractivity contribution < 1.29 is 17.9 Å². The number of alkyl halides is 1. The second-order valence-electron chi connectivity index (χ2n) is 8.58. The van der Waals surface area contributed by atoms with Crippen LogP contribution in [0.5, 0.6) is 0 Å². The van der Waals surface area contributed by atoms with Crippen LogP contribution in [0.2, 0.25) is 0 Å². The second-order valence-corrected chi connectivity index (χ2v) is 10.7. The summed E-state index contributed by atoms with van der Waals surface area (Å²) in [4.78, 5) is 21.6. The Morgan fingerprint density at radius 2 is 1.87 bits per heavy atom. The summed E-state index contributed by atoms with van der Waals surface area (Å²) in [5.74, 6) is -0.100. The van der Waals surface area contributed by atoms with Crippen LogP contribution < -0.4 is 0 Å². The molecule has 0 saturated carbocycles. The van der Waals surface area contributed by atoms with Crippen molar-refractivity contribution in [2.75, 3.05) is 52.5 Å². The van der Waals surface area contributed by atoms with Gasteiger partial charge in [-0.2, -0.15) is 4.31 Å². The Morgan fingerprint density at radius 3 is 2.58 bits per heavy atom. The van der Waals surface area contributed by atoms with Gasteiger partial charge in [0.1, 0.15) is 0 Å². The van der Waals surface area contributed by atoms with Crippen LogP contribution in [0.15, 0.2) is 23.4 Å². The van der Waals surface area contributed by atoms with E-state index in [0.717, 1.165) is 25.9 Å². The highest BCUT2D eigenvalue weighted by Crippen LogP contribution is 2.29. The SMILES string of the molecule is O=C([C@H]1C[C@@H](N2CCCCC2)CN(S(=O)(=O)c2cc(CCl)ccn2)C1)N1CCOCC1. The topological polar surface area (TPSA) is 83.1 Å². The molecule has 1 aromatic rings. The molecule has 8 nitrogen and oxygen atoms in total. The molecule has 3 aliphatic heterocycles. The number of amides is 1. The van der Waals surface area contributed by atoms with Gasteiger partial charge in [0.25, 0.3) is 10.0 Å². The number of hydrogen-bond donors (Lipinski definition) is 0. The minimum absolute atomic E-state index is 0.00233. The molecule has 3 saturated heterocycles. The van der Waals surface area contributed by atoms with Gasteiger partial charge in [-0.15, -0.1) is 11.6 Å². The standard InChI is InChI=1S/C21H31ClN4O4S/c22-14-17-4-5-23-20(12-17)31(28,29)26-15-18(21(27)25-8-10-30-11-9-25)13-19(16-26)24-6-2-1-3-7-24/h4-5,12,18-19H,1-3,6-11,13-16H2/t18-,19+/m0/s1. The van der Waals surface area contributed by atoms with Crippen LogP contribution in [0.4, 0.5) is 0 Å². The monoisotopic (exact) mass is 470 g/mol. The Kier molecular flexibility index (Phi) is 7.48. The van der Waals surface area contributed by atoms with Gasteiger partial charge in [-0.3, -0.25) is 9.69 Å². The number of sulfonamides is 1. The average molecular weight is 471 g/mol. The van der Waals surface area contributed by atoms with Crippen LogP contribution in [0.3, 0.4) is 0 Å². The Labute approximate surface area is 189 Å².